The Bertz CT molecular complexity index is 224. The molecule has 0 bridgehead atoms. The third-order valence-corrected chi connectivity index (χ3v) is 1.68. The lowest BCUT2D eigenvalue weighted by molar-refractivity contribution is 0.0836. The van der Waals surface area contributed by atoms with E-state index in [-0.39, 0.29) is 6.61 Å². The fraction of sp³-hybridized carbons (Fsp3) is 0.538. The minimum absolute atomic E-state index is 0.0829. The summed E-state index contributed by atoms with van der Waals surface area (Å²) in [6.07, 6.45) is 0.842. The first kappa shape index (κ1) is 14.9. The molecule has 3 nitrogen and oxygen atoms in total. The SMILES string of the molecule is CC.OCCOCCCOc1ccccc1. The van der Waals surface area contributed by atoms with Crippen LogP contribution in [0.25, 0.3) is 0 Å². The summed E-state index contributed by atoms with van der Waals surface area (Å²) in [6.45, 7) is 5.77. The van der Waals surface area contributed by atoms with Crippen molar-refractivity contribution in [3.8, 4) is 5.75 Å². The molecule has 1 N–H and O–H groups in total. The molecule has 0 aliphatic carbocycles. The van der Waals surface area contributed by atoms with Crippen LogP contribution in [0, 0.1) is 0 Å². The van der Waals surface area contributed by atoms with Crippen LogP contribution in [0.5, 0.6) is 5.75 Å². The molecule has 1 aromatic rings. The maximum atomic E-state index is 8.44. The summed E-state index contributed by atoms with van der Waals surface area (Å²) in [5, 5.41) is 8.44. The van der Waals surface area contributed by atoms with E-state index in [0.29, 0.717) is 19.8 Å². The summed E-state index contributed by atoms with van der Waals surface area (Å²) in [5.74, 6) is 0.884. The lowest BCUT2D eigenvalue weighted by Gasteiger charge is -2.05. The molecule has 92 valence electrons. The van der Waals surface area contributed by atoms with Crippen LogP contribution in [-0.4, -0.2) is 31.5 Å². The van der Waals surface area contributed by atoms with E-state index in [1.54, 1.807) is 0 Å². The van der Waals surface area contributed by atoms with Crippen molar-refractivity contribution in [2.75, 3.05) is 26.4 Å². The van der Waals surface area contributed by atoms with Crippen molar-refractivity contribution in [2.24, 2.45) is 0 Å². The van der Waals surface area contributed by atoms with Crippen LogP contribution >= 0.6 is 0 Å². The Morgan fingerprint density at radius 1 is 1.00 bits per heavy atom. The van der Waals surface area contributed by atoms with Crippen molar-refractivity contribution in [3.63, 3.8) is 0 Å². The maximum Gasteiger partial charge on any atom is 0.119 e. The first-order valence-corrected chi connectivity index (χ1v) is 5.80. The van der Waals surface area contributed by atoms with Crippen LogP contribution in [0.1, 0.15) is 20.3 Å². The Hall–Kier alpha value is -1.06. The number of ether oxygens (including phenoxy) is 2. The highest BCUT2D eigenvalue weighted by atomic mass is 16.5. The molecular weight excluding hydrogens is 204 g/mol. The number of para-hydroxylation sites is 1. The van der Waals surface area contributed by atoms with Crippen LogP contribution in [-0.2, 0) is 4.74 Å². The summed E-state index contributed by atoms with van der Waals surface area (Å²) in [5.41, 5.74) is 0. The maximum absolute atomic E-state index is 8.44. The highest BCUT2D eigenvalue weighted by Gasteiger charge is 1.91. The summed E-state index contributed by atoms with van der Waals surface area (Å²) in [7, 11) is 0. The first-order chi connectivity index (χ1) is 7.93. The van der Waals surface area contributed by atoms with E-state index >= 15 is 0 Å². The van der Waals surface area contributed by atoms with Gasteiger partial charge >= 0.3 is 0 Å². The van der Waals surface area contributed by atoms with Crippen molar-refractivity contribution in [1.29, 1.82) is 0 Å². The van der Waals surface area contributed by atoms with Gasteiger partial charge in [-0.25, -0.2) is 0 Å². The molecule has 0 unspecified atom stereocenters. The standard InChI is InChI=1S/C11H16O3.C2H6/c12-7-10-13-8-4-9-14-11-5-2-1-3-6-11;1-2/h1-3,5-6,12H,4,7-10H2;1-2H3. The zero-order valence-electron chi connectivity index (χ0n) is 10.2. The molecule has 0 radical (unpaired) electrons. The lowest BCUT2D eigenvalue weighted by atomic mass is 10.3. The van der Waals surface area contributed by atoms with Gasteiger partial charge in [0.05, 0.1) is 19.8 Å². The van der Waals surface area contributed by atoms with E-state index in [1.165, 1.54) is 0 Å². The first-order valence-electron chi connectivity index (χ1n) is 5.80. The smallest absolute Gasteiger partial charge is 0.119 e. The second-order valence-electron chi connectivity index (χ2n) is 2.85. The van der Waals surface area contributed by atoms with Gasteiger partial charge in [0.2, 0.25) is 0 Å². The van der Waals surface area contributed by atoms with Gasteiger partial charge in [0.25, 0.3) is 0 Å². The van der Waals surface area contributed by atoms with Crippen LogP contribution in [0.3, 0.4) is 0 Å². The topological polar surface area (TPSA) is 38.7 Å². The molecule has 0 spiro atoms. The monoisotopic (exact) mass is 226 g/mol. The molecular formula is C13H22O3. The third-order valence-electron chi connectivity index (χ3n) is 1.68. The van der Waals surface area contributed by atoms with Crippen LogP contribution in [0.4, 0.5) is 0 Å². The van der Waals surface area contributed by atoms with E-state index in [2.05, 4.69) is 0 Å². The van der Waals surface area contributed by atoms with Crippen molar-refractivity contribution in [3.05, 3.63) is 30.3 Å². The van der Waals surface area contributed by atoms with Gasteiger partial charge in [0.1, 0.15) is 5.75 Å². The molecule has 0 aromatic heterocycles. The van der Waals surface area contributed by atoms with E-state index in [4.69, 9.17) is 14.6 Å². The van der Waals surface area contributed by atoms with Crippen LogP contribution < -0.4 is 4.74 Å². The van der Waals surface area contributed by atoms with Gasteiger partial charge in [0.15, 0.2) is 0 Å². The van der Waals surface area contributed by atoms with E-state index in [9.17, 15) is 0 Å². The molecule has 0 saturated carbocycles. The van der Waals surface area contributed by atoms with Gasteiger partial charge in [-0.15, -0.1) is 0 Å². The van der Waals surface area contributed by atoms with E-state index in [0.717, 1.165) is 12.2 Å². The average Bonchev–Trinajstić information content (AvgIpc) is 2.37. The van der Waals surface area contributed by atoms with Gasteiger partial charge in [-0.3, -0.25) is 0 Å². The number of aliphatic hydroxyl groups excluding tert-OH is 1. The Morgan fingerprint density at radius 2 is 1.69 bits per heavy atom. The second-order valence-corrected chi connectivity index (χ2v) is 2.85. The van der Waals surface area contributed by atoms with Gasteiger partial charge in [-0.1, -0.05) is 32.0 Å². The summed E-state index contributed by atoms with van der Waals surface area (Å²) in [6, 6.07) is 9.69. The van der Waals surface area contributed by atoms with E-state index in [1.807, 2.05) is 44.2 Å². The number of hydrogen-bond acceptors (Lipinski definition) is 3. The summed E-state index contributed by atoms with van der Waals surface area (Å²) >= 11 is 0. The van der Waals surface area contributed by atoms with Crippen molar-refractivity contribution < 1.29 is 14.6 Å². The molecule has 0 amide bonds. The second kappa shape index (κ2) is 12.0. The molecule has 0 atom stereocenters. The fourth-order valence-corrected chi connectivity index (χ4v) is 1.03. The molecule has 0 aliphatic heterocycles. The Labute approximate surface area is 98.0 Å². The average molecular weight is 226 g/mol. The van der Waals surface area contributed by atoms with Gasteiger partial charge in [-0.05, 0) is 12.1 Å². The number of hydrogen-bond donors (Lipinski definition) is 1. The fourth-order valence-electron chi connectivity index (χ4n) is 1.03. The third kappa shape index (κ3) is 8.26. The van der Waals surface area contributed by atoms with Crippen molar-refractivity contribution in [1.82, 2.24) is 0 Å². The highest BCUT2D eigenvalue weighted by molar-refractivity contribution is 5.20. The predicted molar refractivity (Wildman–Crippen MR) is 65.8 cm³/mol. The Morgan fingerprint density at radius 3 is 2.31 bits per heavy atom. The van der Waals surface area contributed by atoms with Crippen molar-refractivity contribution in [2.45, 2.75) is 20.3 Å². The van der Waals surface area contributed by atoms with Gasteiger partial charge < -0.3 is 14.6 Å². The molecule has 1 aromatic carbocycles. The molecule has 3 heteroatoms. The molecule has 0 aliphatic rings. The molecule has 0 saturated heterocycles. The Kier molecular flexibility index (Phi) is 11.2. The quantitative estimate of drug-likeness (QED) is 0.726. The van der Waals surface area contributed by atoms with E-state index < -0.39 is 0 Å². The predicted octanol–water partition coefficient (Wildman–Crippen LogP) is 2.49. The minimum atomic E-state index is 0.0829. The summed E-state index contributed by atoms with van der Waals surface area (Å²) in [4.78, 5) is 0. The zero-order chi connectivity index (χ0) is 12.1. The normalized spacial score (nSPS) is 9.19. The zero-order valence-corrected chi connectivity index (χ0v) is 10.2. The minimum Gasteiger partial charge on any atom is -0.494 e. The van der Waals surface area contributed by atoms with Gasteiger partial charge in [-0.2, -0.15) is 0 Å². The highest BCUT2D eigenvalue weighted by Crippen LogP contribution is 2.08. The molecule has 0 heterocycles. The number of rotatable bonds is 7. The molecule has 16 heavy (non-hydrogen) atoms. The van der Waals surface area contributed by atoms with Crippen LogP contribution in [0.2, 0.25) is 0 Å². The van der Waals surface area contributed by atoms with Crippen molar-refractivity contribution >= 4 is 0 Å². The van der Waals surface area contributed by atoms with Crippen LogP contribution in [0.15, 0.2) is 30.3 Å². The van der Waals surface area contributed by atoms with Gasteiger partial charge in [0, 0.05) is 13.0 Å². The lowest BCUT2D eigenvalue weighted by Crippen LogP contribution is -2.05. The number of benzene rings is 1. The molecule has 0 fully saturated rings. The molecule has 1 rings (SSSR count). The number of aliphatic hydroxyl groups is 1. The summed E-state index contributed by atoms with van der Waals surface area (Å²) < 4.78 is 10.5. The Balaban J connectivity index is 0.00000106. The largest absolute Gasteiger partial charge is 0.494 e.